The van der Waals surface area contributed by atoms with Gasteiger partial charge < -0.3 is 4.57 Å². The predicted octanol–water partition coefficient (Wildman–Crippen LogP) is 5.28. The molecule has 100 valence electrons. The summed E-state index contributed by atoms with van der Waals surface area (Å²) in [4.78, 5) is 4.21. The van der Waals surface area contributed by atoms with Gasteiger partial charge in [-0.05, 0) is 31.6 Å². The van der Waals surface area contributed by atoms with E-state index in [1.54, 1.807) is 6.20 Å². The maximum absolute atomic E-state index is 6.31. The van der Waals surface area contributed by atoms with Gasteiger partial charge in [-0.1, -0.05) is 42.0 Å². The average Bonchev–Trinajstić information content (AvgIpc) is 2.76. The number of aromatic nitrogens is 2. The molecule has 3 rings (SSSR count). The molecule has 0 aliphatic heterocycles. The molecule has 1 aromatic carbocycles. The molecule has 0 aliphatic rings. The Labute approximate surface area is 123 Å². The molecule has 0 bridgehead atoms. The summed E-state index contributed by atoms with van der Waals surface area (Å²) < 4.78 is 2.12. The second-order valence-electron chi connectivity index (χ2n) is 4.76. The van der Waals surface area contributed by atoms with Gasteiger partial charge in [-0.3, -0.25) is 0 Å². The Kier molecular flexibility index (Phi) is 3.33. The molecular weight excluding hydrogens is 268 g/mol. The van der Waals surface area contributed by atoms with Gasteiger partial charge in [-0.25, -0.2) is 4.98 Å². The Morgan fingerprint density at radius 3 is 2.80 bits per heavy atom. The van der Waals surface area contributed by atoms with E-state index in [4.69, 9.17) is 11.6 Å². The first kappa shape index (κ1) is 12.9. The summed E-state index contributed by atoms with van der Waals surface area (Å²) in [6, 6.07) is 10.3. The van der Waals surface area contributed by atoms with Gasteiger partial charge in [0.25, 0.3) is 0 Å². The monoisotopic (exact) mass is 282 g/mol. The Bertz CT molecular complexity index is 841. The molecule has 3 aromatic rings. The molecule has 2 heterocycles. The zero-order chi connectivity index (χ0) is 14.1. The summed E-state index contributed by atoms with van der Waals surface area (Å²) in [6.45, 7) is 4.09. The summed E-state index contributed by atoms with van der Waals surface area (Å²) >= 11 is 6.31. The van der Waals surface area contributed by atoms with E-state index in [2.05, 4.69) is 40.9 Å². The van der Waals surface area contributed by atoms with Crippen molar-refractivity contribution >= 4 is 39.6 Å². The topological polar surface area (TPSA) is 17.8 Å². The third-order valence-corrected chi connectivity index (χ3v) is 3.61. The van der Waals surface area contributed by atoms with Crippen LogP contribution in [-0.2, 0) is 0 Å². The molecule has 20 heavy (non-hydrogen) atoms. The van der Waals surface area contributed by atoms with E-state index >= 15 is 0 Å². The minimum atomic E-state index is 0.531. The fourth-order valence-corrected chi connectivity index (χ4v) is 2.80. The highest BCUT2D eigenvalue weighted by Crippen LogP contribution is 2.32. The van der Waals surface area contributed by atoms with Crippen LogP contribution in [0.1, 0.15) is 13.8 Å². The summed E-state index contributed by atoms with van der Waals surface area (Å²) in [6.07, 6.45) is 7.95. The van der Waals surface area contributed by atoms with Gasteiger partial charge in [0.15, 0.2) is 5.15 Å². The number of para-hydroxylation sites is 1. The highest BCUT2D eigenvalue weighted by Gasteiger charge is 2.12. The SMILES string of the molecule is C/C=C/C(C)=C\n1c2ccccc2c2ccnc(Cl)c21. The Morgan fingerprint density at radius 1 is 1.20 bits per heavy atom. The fraction of sp³-hybridized carbons (Fsp3) is 0.118. The molecule has 0 fully saturated rings. The summed E-state index contributed by atoms with van der Waals surface area (Å²) in [5.41, 5.74) is 3.26. The van der Waals surface area contributed by atoms with Crippen molar-refractivity contribution in [1.29, 1.82) is 0 Å². The van der Waals surface area contributed by atoms with Crippen molar-refractivity contribution in [2.45, 2.75) is 13.8 Å². The highest BCUT2D eigenvalue weighted by atomic mass is 35.5. The molecule has 3 heteroatoms. The number of hydrogen-bond acceptors (Lipinski definition) is 1. The van der Waals surface area contributed by atoms with Crippen molar-refractivity contribution in [3.8, 4) is 0 Å². The van der Waals surface area contributed by atoms with Gasteiger partial charge in [0.2, 0.25) is 0 Å². The first-order chi connectivity index (χ1) is 9.72. The Balaban J connectivity index is 2.46. The molecule has 2 nitrogen and oxygen atoms in total. The molecular formula is C17H15ClN2. The number of halogens is 1. The van der Waals surface area contributed by atoms with Crippen molar-refractivity contribution in [2.24, 2.45) is 0 Å². The van der Waals surface area contributed by atoms with Crippen molar-refractivity contribution in [3.63, 3.8) is 0 Å². The number of pyridine rings is 1. The standard InChI is InChI=1S/C17H15ClN2/c1-3-6-12(2)11-20-15-8-5-4-7-13(15)14-9-10-19-17(18)16(14)20/h3-11H,1-2H3/b6-3+,12-11-. The number of benzene rings is 1. The van der Waals surface area contributed by atoms with Crippen LogP contribution in [0.15, 0.2) is 54.3 Å². The molecule has 0 aliphatic carbocycles. The lowest BCUT2D eigenvalue weighted by molar-refractivity contribution is 1.24. The van der Waals surface area contributed by atoms with Crippen LogP contribution in [-0.4, -0.2) is 9.55 Å². The smallest absolute Gasteiger partial charge is 0.153 e. The van der Waals surface area contributed by atoms with E-state index in [1.165, 1.54) is 5.39 Å². The van der Waals surface area contributed by atoms with E-state index < -0.39 is 0 Å². The van der Waals surface area contributed by atoms with E-state index in [9.17, 15) is 0 Å². The Hall–Kier alpha value is -2.06. The lowest BCUT2D eigenvalue weighted by Crippen LogP contribution is -1.89. The van der Waals surface area contributed by atoms with Crippen molar-refractivity contribution < 1.29 is 0 Å². The minimum absolute atomic E-state index is 0.531. The molecule has 2 aromatic heterocycles. The fourth-order valence-electron chi connectivity index (χ4n) is 2.55. The van der Waals surface area contributed by atoms with Crippen LogP contribution in [0.2, 0.25) is 5.15 Å². The molecule has 0 unspecified atom stereocenters. The van der Waals surface area contributed by atoms with Crippen LogP contribution in [0.3, 0.4) is 0 Å². The normalized spacial score (nSPS) is 12.8. The van der Waals surface area contributed by atoms with Gasteiger partial charge in [0.05, 0.1) is 11.0 Å². The first-order valence-electron chi connectivity index (χ1n) is 6.56. The van der Waals surface area contributed by atoms with Crippen LogP contribution in [0.5, 0.6) is 0 Å². The first-order valence-corrected chi connectivity index (χ1v) is 6.94. The molecule has 0 saturated heterocycles. The molecule has 0 amide bonds. The maximum Gasteiger partial charge on any atom is 0.153 e. The van der Waals surface area contributed by atoms with E-state index in [0.29, 0.717) is 5.15 Å². The van der Waals surface area contributed by atoms with Crippen molar-refractivity contribution in [2.75, 3.05) is 0 Å². The largest absolute Gasteiger partial charge is 0.313 e. The zero-order valence-corrected chi connectivity index (χ0v) is 12.2. The number of nitrogens with zero attached hydrogens (tertiary/aromatic N) is 2. The Morgan fingerprint density at radius 2 is 2.00 bits per heavy atom. The summed E-state index contributed by atoms with van der Waals surface area (Å²) in [5, 5.41) is 2.85. The number of allylic oxidation sites excluding steroid dienone is 3. The molecule has 0 N–H and O–H groups in total. The van der Waals surface area contributed by atoms with Gasteiger partial charge in [-0.15, -0.1) is 0 Å². The van der Waals surface area contributed by atoms with Gasteiger partial charge in [0, 0.05) is 23.2 Å². The number of hydrogen-bond donors (Lipinski definition) is 0. The lowest BCUT2D eigenvalue weighted by Gasteiger charge is -2.03. The predicted molar refractivity (Wildman–Crippen MR) is 87.0 cm³/mol. The van der Waals surface area contributed by atoms with Crippen LogP contribution < -0.4 is 0 Å². The van der Waals surface area contributed by atoms with Crippen LogP contribution >= 0.6 is 11.6 Å². The minimum Gasteiger partial charge on any atom is -0.313 e. The summed E-state index contributed by atoms with van der Waals surface area (Å²) in [7, 11) is 0. The summed E-state index contributed by atoms with van der Waals surface area (Å²) in [5.74, 6) is 0. The average molecular weight is 283 g/mol. The van der Waals surface area contributed by atoms with Crippen molar-refractivity contribution in [1.82, 2.24) is 9.55 Å². The third kappa shape index (κ3) is 2.02. The second kappa shape index (κ2) is 5.14. The van der Waals surface area contributed by atoms with Gasteiger partial charge in [-0.2, -0.15) is 0 Å². The maximum atomic E-state index is 6.31. The molecule has 0 radical (unpaired) electrons. The molecule has 0 spiro atoms. The molecule has 0 saturated carbocycles. The lowest BCUT2D eigenvalue weighted by atomic mass is 10.2. The van der Waals surface area contributed by atoms with Crippen LogP contribution in [0.4, 0.5) is 0 Å². The van der Waals surface area contributed by atoms with Crippen LogP contribution in [0, 0.1) is 0 Å². The highest BCUT2D eigenvalue weighted by molar-refractivity contribution is 6.35. The number of rotatable bonds is 2. The zero-order valence-electron chi connectivity index (χ0n) is 11.5. The van der Waals surface area contributed by atoms with Gasteiger partial charge >= 0.3 is 0 Å². The van der Waals surface area contributed by atoms with E-state index in [-0.39, 0.29) is 0 Å². The quantitative estimate of drug-likeness (QED) is 0.462. The van der Waals surface area contributed by atoms with Gasteiger partial charge in [0.1, 0.15) is 0 Å². The van der Waals surface area contributed by atoms with Crippen LogP contribution in [0.25, 0.3) is 28.0 Å². The van der Waals surface area contributed by atoms with E-state index in [0.717, 1.165) is 22.0 Å². The van der Waals surface area contributed by atoms with Crippen molar-refractivity contribution in [3.05, 3.63) is 59.4 Å². The number of fused-ring (bicyclic) bond motifs is 3. The third-order valence-electron chi connectivity index (χ3n) is 3.34. The van der Waals surface area contributed by atoms with E-state index in [1.807, 2.05) is 31.2 Å². The second-order valence-corrected chi connectivity index (χ2v) is 5.12. The molecule has 0 atom stereocenters.